The molecule has 0 amide bonds. The van der Waals surface area contributed by atoms with Crippen molar-refractivity contribution in [1.29, 1.82) is 0 Å². The first kappa shape index (κ1) is 14.7. The molecule has 9 nitrogen and oxygen atoms in total. The highest BCUT2D eigenvalue weighted by molar-refractivity contribution is 5.72. The van der Waals surface area contributed by atoms with Crippen molar-refractivity contribution >= 4 is 17.1 Å². The molecule has 9 heteroatoms. The molecule has 0 unspecified atom stereocenters. The van der Waals surface area contributed by atoms with Crippen LogP contribution in [0.15, 0.2) is 39.9 Å². The molecule has 0 N–H and O–H groups in total. The van der Waals surface area contributed by atoms with Gasteiger partial charge in [0.15, 0.2) is 0 Å². The van der Waals surface area contributed by atoms with Gasteiger partial charge in [0.2, 0.25) is 5.52 Å². The molecule has 2 aromatic heterocycles. The number of nitrogens with zero attached hydrogens (tertiary/aromatic N) is 5. The molecular formula is C14H13N5O4. The van der Waals surface area contributed by atoms with Crippen LogP contribution in [0.2, 0.25) is 0 Å². The summed E-state index contributed by atoms with van der Waals surface area (Å²) in [4.78, 5) is 39.0. The zero-order valence-corrected chi connectivity index (χ0v) is 12.5. The molecule has 0 bridgehead atoms. The lowest BCUT2D eigenvalue weighted by Crippen LogP contribution is -2.38. The fourth-order valence-electron chi connectivity index (χ4n) is 2.49. The van der Waals surface area contributed by atoms with Gasteiger partial charge in [-0.05, 0) is 15.5 Å². The third-order valence-electron chi connectivity index (χ3n) is 3.68. The standard InChI is InChI=1S/C14H13N5O4/c1-16-10-11(15-13(16)19(22)23)18(14(21)17(2)12(10)20)8-9-6-4-3-5-7-9/h3-7H,8H2,1-2H3. The Morgan fingerprint density at radius 2 is 1.78 bits per heavy atom. The van der Waals surface area contributed by atoms with Crippen LogP contribution < -0.4 is 11.2 Å². The maximum Gasteiger partial charge on any atom is 0.437 e. The van der Waals surface area contributed by atoms with Crippen LogP contribution in [0.5, 0.6) is 0 Å². The highest BCUT2D eigenvalue weighted by Gasteiger charge is 2.26. The molecule has 0 spiro atoms. The second kappa shape index (κ2) is 5.20. The van der Waals surface area contributed by atoms with E-state index in [-0.39, 0.29) is 17.7 Å². The van der Waals surface area contributed by atoms with E-state index in [1.54, 1.807) is 0 Å². The average molecular weight is 315 g/mol. The Kier molecular flexibility index (Phi) is 3.32. The minimum absolute atomic E-state index is 0.0103. The highest BCUT2D eigenvalue weighted by atomic mass is 16.6. The Balaban J connectivity index is 2.37. The molecule has 3 aromatic rings. The number of hydrogen-bond acceptors (Lipinski definition) is 5. The zero-order valence-electron chi connectivity index (χ0n) is 12.5. The van der Waals surface area contributed by atoms with Gasteiger partial charge in [-0.1, -0.05) is 30.3 Å². The van der Waals surface area contributed by atoms with E-state index in [2.05, 4.69) is 4.98 Å². The summed E-state index contributed by atoms with van der Waals surface area (Å²) in [5, 5.41) is 11.1. The van der Waals surface area contributed by atoms with Crippen LogP contribution in [0, 0.1) is 10.1 Å². The predicted molar refractivity (Wildman–Crippen MR) is 82.4 cm³/mol. The van der Waals surface area contributed by atoms with Crippen molar-refractivity contribution < 1.29 is 4.92 Å². The van der Waals surface area contributed by atoms with Crippen molar-refractivity contribution in [2.24, 2.45) is 14.1 Å². The van der Waals surface area contributed by atoms with Crippen LogP contribution in [0.3, 0.4) is 0 Å². The van der Waals surface area contributed by atoms with E-state index < -0.39 is 22.1 Å². The lowest BCUT2D eigenvalue weighted by atomic mass is 10.2. The fraction of sp³-hybridized carbons (Fsp3) is 0.214. The molecule has 0 fully saturated rings. The SMILES string of the molecule is Cn1c(=O)c2c(nc([N+](=O)[O-])n2C)n(Cc2ccccc2)c1=O. The van der Waals surface area contributed by atoms with Crippen LogP contribution in [-0.2, 0) is 20.6 Å². The number of aromatic nitrogens is 4. The zero-order chi connectivity index (χ0) is 16.7. The first-order chi connectivity index (χ1) is 10.9. The quantitative estimate of drug-likeness (QED) is 0.513. The summed E-state index contributed by atoms with van der Waals surface area (Å²) in [6.07, 6.45) is 0. The topological polar surface area (TPSA) is 105 Å². The van der Waals surface area contributed by atoms with Gasteiger partial charge in [0.05, 0.1) is 13.6 Å². The Bertz CT molecular complexity index is 1030. The minimum Gasteiger partial charge on any atom is -0.390 e. The van der Waals surface area contributed by atoms with Gasteiger partial charge in [-0.3, -0.25) is 13.9 Å². The molecule has 0 radical (unpaired) electrons. The van der Waals surface area contributed by atoms with E-state index in [4.69, 9.17) is 0 Å². The molecule has 118 valence electrons. The van der Waals surface area contributed by atoms with E-state index in [1.807, 2.05) is 30.3 Å². The summed E-state index contributed by atoms with van der Waals surface area (Å²) < 4.78 is 3.29. The van der Waals surface area contributed by atoms with E-state index in [0.29, 0.717) is 0 Å². The number of rotatable bonds is 3. The number of imidazole rings is 1. The highest BCUT2D eigenvalue weighted by Crippen LogP contribution is 2.16. The van der Waals surface area contributed by atoms with E-state index in [0.717, 1.165) is 14.7 Å². The van der Waals surface area contributed by atoms with Crippen molar-refractivity contribution in [3.63, 3.8) is 0 Å². The van der Waals surface area contributed by atoms with Crippen LogP contribution >= 0.6 is 0 Å². The van der Waals surface area contributed by atoms with Gasteiger partial charge in [-0.2, -0.15) is 0 Å². The molecule has 0 aliphatic rings. The van der Waals surface area contributed by atoms with Gasteiger partial charge in [-0.25, -0.2) is 9.36 Å². The predicted octanol–water partition coefficient (Wildman–Crippen LogP) is 0.390. The minimum atomic E-state index is -0.684. The van der Waals surface area contributed by atoms with E-state index in [9.17, 15) is 19.7 Å². The molecule has 0 atom stereocenters. The number of benzene rings is 1. The van der Waals surface area contributed by atoms with Gasteiger partial charge >= 0.3 is 11.6 Å². The Morgan fingerprint density at radius 3 is 2.39 bits per heavy atom. The molecule has 0 aliphatic heterocycles. The van der Waals surface area contributed by atoms with E-state index >= 15 is 0 Å². The van der Waals surface area contributed by atoms with Crippen LogP contribution in [0.1, 0.15) is 5.56 Å². The number of hydrogen-bond donors (Lipinski definition) is 0. The molecule has 0 saturated carbocycles. The van der Waals surface area contributed by atoms with Gasteiger partial charge in [0.25, 0.3) is 11.2 Å². The van der Waals surface area contributed by atoms with Gasteiger partial charge in [0.1, 0.15) is 0 Å². The molecule has 0 aliphatic carbocycles. The summed E-state index contributed by atoms with van der Waals surface area (Å²) in [5.41, 5.74) is -0.328. The molecular weight excluding hydrogens is 302 g/mol. The maximum absolute atomic E-state index is 12.4. The van der Waals surface area contributed by atoms with Crippen LogP contribution in [0.4, 0.5) is 5.95 Å². The Labute approximate surface area is 129 Å². The fourth-order valence-corrected chi connectivity index (χ4v) is 2.49. The lowest BCUT2D eigenvalue weighted by Gasteiger charge is -2.07. The molecule has 23 heavy (non-hydrogen) atoms. The molecule has 1 aromatic carbocycles. The largest absolute Gasteiger partial charge is 0.437 e. The summed E-state index contributed by atoms with van der Waals surface area (Å²) >= 11 is 0. The van der Waals surface area contributed by atoms with Crippen molar-refractivity contribution in [3.8, 4) is 0 Å². The second-order valence-electron chi connectivity index (χ2n) is 5.12. The lowest BCUT2D eigenvalue weighted by molar-refractivity contribution is -0.396. The smallest absolute Gasteiger partial charge is 0.390 e. The van der Waals surface area contributed by atoms with E-state index in [1.165, 1.54) is 18.7 Å². The molecule has 2 heterocycles. The average Bonchev–Trinajstić information content (AvgIpc) is 2.88. The second-order valence-corrected chi connectivity index (χ2v) is 5.12. The monoisotopic (exact) mass is 315 g/mol. The summed E-state index contributed by atoms with van der Waals surface area (Å²) in [6.45, 7) is 0.165. The number of fused-ring (bicyclic) bond motifs is 1. The third-order valence-corrected chi connectivity index (χ3v) is 3.68. The van der Waals surface area contributed by atoms with Crippen molar-refractivity contribution in [1.82, 2.24) is 18.7 Å². The third kappa shape index (κ3) is 2.22. The number of nitro groups is 1. The van der Waals surface area contributed by atoms with Crippen LogP contribution in [0.25, 0.3) is 11.2 Å². The maximum atomic E-state index is 12.4. The van der Waals surface area contributed by atoms with Crippen molar-refractivity contribution in [2.45, 2.75) is 6.54 Å². The van der Waals surface area contributed by atoms with Gasteiger partial charge in [-0.15, -0.1) is 0 Å². The van der Waals surface area contributed by atoms with Crippen molar-refractivity contribution in [3.05, 3.63) is 66.8 Å². The van der Waals surface area contributed by atoms with Gasteiger partial charge < -0.3 is 10.1 Å². The molecule has 0 saturated heterocycles. The Hall–Kier alpha value is -3.23. The van der Waals surface area contributed by atoms with Crippen molar-refractivity contribution in [2.75, 3.05) is 0 Å². The normalized spacial score (nSPS) is 11.0. The first-order valence-corrected chi connectivity index (χ1v) is 6.76. The van der Waals surface area contributed by atoms with Gasteiger partial charge in [0, 0.05) is 7.05 Å². The number of aryl methyl sites for hydroxylation is 1. The first-order valence-electron chi connectivity index (χ1n) is 6.76. The summed E-state index contributed by atoms with van der Waals surface area (Å²) in [7, 11) is 2.72. The summed E-state index contributed by atoms with van der Waals surface area (Å²) in [6, 6.07) is 9.12. The molecule has 3 rings (SSSR count). The summed E-state index contributed by atoms with van der Waals surface area (Å²) in [5.74, 6) is -0.482. The Morgan fingerprint density at radius 1 is 1.13 bits per heavy atom. The van der Waals surface area contributed by atoms with Crippen LogP contribution in [-0.4, -0.2) is 23.6 Å².